The Hall–Kier alpha value is -1.36. The molecule has 1 aliphatic heterocycles. The lowest BCUT2D eigenvalue weighted by atomic mass is 10.4. The van der Waals surface area contributed by atoms with Crippen molar-refractivity contribution in [2.24, 2.45) is 0 Å². The van der Waals surface area contributed by atoms with Gasteiger partial charge in [0.15, 0.2) is 0 Å². The zero-order valence-corrected chi connectivity index (χ0v) is 10.2. The first-order valence-electron chi connectivity index (χ1n) is 5.29. The van der Waals surface area contributed by atoms with Crippen molar-refractivity contribution in [2.75, 3.05) is 32.7 Å². The van der Waals surface area contributed by atoms with E-state index in [0.717, 1.165) is 0 Å². The van der Waals surface area contributed by atoms with E-state index in [0.29, 0.717) is 32.7 Å². The van der Waals surface area contributed by atoms with Crippen molar-refractivity contribution in [3.63, 3.8) is 0 Å². The van der Waals surface area contributed by atoms with Crippen LogP contribution in [-0.4, -0.2) is 60.5 Å². The van der Waals surface area contributed by atoms with Gasteiger partial charge >= 0.3 is 0 Å². The highest BCUT2D eigenvalue weighted by atomic mass is 32.2. The number of rotatable bonds is 3. The Morgan fingerprint density at radius 1 is 1.41 bits per heavy atom. The summed E-state index contributed by atoms with van der Waals surface area (Å²) in [4.78, 5) is 2.27. The number of aromatic amines is 1. The third-order valence-corrected chi connectivity index (χ3v) is 4.62. The standard InChI is InChI=1S/C10H14N4O2S/c1-2-3-13-4-6-14(7-5-13)17(15,16)10-8-11-12-9-10/h1,8-9H,3-7H2,(H,11,12). The number of aromatic nitrogens is 2. The fourth-order valence-corrected chi connectivity index (χ4v) is 3.12. The Morgan fingerprint density at radius 3 is 2.65 bits per heavy atom. The number of piperazine rings is 1. The van der Waals surface area contributed by atoms with Crippen molar-refractivity contribution in [1.29, 1.82) is 0 Å². The summed E-state index contributed by atoms with van der Waals surface area (Å²) in [5, 5.41) is 6.17. The van der Waals surface area contributed by atoms with E-state index in [9.17, 15) is 8.42 Å². The molecule has 0 aromatic carbocycles. The van der Waals surface area contributed by atoms with Gasteiger partial charge in [-0.3, -0.25) is 10.00 Å². The number of sulfonamides is 1. The monoisotopic (exact) mass is 254 g/mol. The summed E-state index contributed by atoms with van der Waals surface area (Å²) in [7, 11) is -3.40. The number of terminal acetylenes is 1. The maximum atomic E-state index is 12.1. The third kappa shape index (κ3) is 2.49. The van der Waals surface area contributed by atoms with Crippen molar-refractivity contribution in [2.45, 2.75) is 4.90 Å². The van der Waals surface area contributed by atoms with Gasteiger partial charge in [-0.2, -0.15) is 9.40 Å². The van der Waals surface area contributed by atoms with E-state index >= 15 is 0 Å². The molecule has 1 aliphatic rings. The van der Waals surface area contributed by atoms with Crippen LogP contribution >= 0.6 is 0 Å². The molecule has 17 heavy (non-hydrogen) atoms. The van der Waals surface area contributed by atoms with E-state index in [1.54, 1.807) is 0 Å². The van der Waals surface area contributed by atoms with Crippen molar-refractivity contribution in [1.82, 2.24) is 19.4 Å². The smallest absolute Gasteiger partial charge is 0.246 e. The first-order valence-corrected chi connectivity index (χ1v) is 6.73. The molecule has 92 valence electrons. The quantitative estimate of drug-likeness (QED) is 0.728. The van der Waals surface area contributed by atoms with Crippen LogP contribution in [0.25, 0.3) is 0 Å². The number of hydrogen-bond acceptors (Lipinski definition) is 4. The average Bonchev–Trinajstić information content (AvgIpc) is 2.84. The molecule has 0 unspecified atom stereocenters. The molecule has 0 aliphatic carbocycles. The summed E-state index contributed by atoms with van der Waals surface area (Å²) in [5.41, 5.74) is 0. The number of hydrogen-bond donors (Lipinski definition) is 1. The molecular weight excluding hydrogens is 240 g/mol. The van der Waals surface area contributed by atoms with Gasteiger partial charge < -0.3 is 0 Å². The van der Waals surface area contributed by atoms with Crippen LogP contribution < -0.4 is 0 Å². The minimum absolute atomic E-state index is 0.211. The molecule has 7 heteroatoms. The van der Waals surface area contributed by atoms with Gasteiger partial charge in [0.25, 0.3) is 0 Å². The first kappa shape index (κ1) is 12.1. The van der Waals surface area contributed by atoms with E-state index < -0.39 is 10.0 Å². The molecule has 2 rings (SSSR count). The summed E-state index contributed by atoms with van der Waals surface area (Å²) < 4.78 is 25.7. The Kier molecular flexibility index (Phi) is 3.47. The molecule has 1 aromatic rings. The van der Waals surface area contributed by atoms with E-state index in [4.69, 9.17) is 6.42 Å². The van der Waals surface area contributed by atoms with Crippen LogP contribution in [0.3, 0.4) is 0 Å². The van der Waals surface area contributed by atoms with Crippen LogP contribution in [0.1, 0.15) is 0 Å². The zero-order valence-electron chi connectivity index (χ0n) is 9.33. The van der Waals surface area contributed by atoms with Crippen molar-refractivity contribution in [3.05, 3.63) is 12.4 Å². The lowest BCUT2D eigenvalue weighted by molar-refractivity contribution is 0.207. The van der Waals surface area contributed by atoms with E-state index in [1.807, 2.05) is 0 Å². The van der Waals surface area contributed by atoms with Gasteiger partial charge in [-0.25, -0.2) is 8.42 Å². The van der Waals surface area contributed by atoms with Crippen LogP contribution in [0.5, 0.6) is 0 Å². The van der Waals surface area contributed by atoms with Crippen molar-refractivity contribution >= 4 is 10.0 Å². The predicted octanol–water partition coefficient (Wildman–Crippen LogP) is -0.651. The summed E-state index contributed by atoms with van der Waals surface area (Å²) in [6, 6.07) is 0. The van der Waals surface area contributed by atoms with Crippen LogP contribution in [0.15, 0.2) is 17.3 Å². The molecular formula is C10H14N4O2S. The second kappa shape index (κ2) is 4.87. The Labute approximate surface area is 101 Å². The maximum Gasteiger partial charge on any atom is 0.246 e. The number of nitrogens with zero attached hydrogens (tertiary/aromatic N) is 3. The average molecular weight is 254 g/mol. The minimum atomic E-state index is -3.40. The summed E-state index contributed by atoms with van der Waals surface area (Å²) in [5.74, 6) is 2.56. The molecule has 1 saturated heterocycles. The van der Waals surface area contributed by atoms with E-state index in [1.165, 1.54) is 16.7 Å². The van der Waals surface area contributed by atoms with Gasteiger partial charge in [-0.1, -0.05) is 5.92 Å². The Morgan fingerprint density at radius 2 is 2.12 bits per heavy atom. The third-order valence-electron chi connectivity index (χ3n) is 2.76. The molecule has 0 radical (unpaired) electrons. The molecule has 1 N–H and O–H groups in total. The largest absolute Gasteiger partial charge is 0.290 e. The highest BCUT2D eigenvalue weighted by Crippen LogP contribution is 2.15. The molecule has 0 amide bonds. The molecule has 1 fully saturated rings. The van der Waals surface area contributed by atoms with Crippen molar-refractivity contribution in [3.8, 4) is 12.3 Å². The molecule has 0 bridgehead atoms. The molecule has 0 saturated carbocycles. The van der Waals surface area contributed by atoms with Gasteiger partial charge in [0.05, 0.1) is 12.7 Å². The fraction of sp³-hybridized carbons (Fsp3) is 0.500. The molecule has 1 aromatic heterocycles. The molecule has 6 nitrogen and oxygen atoms in total. The number of nitrogens with one attached hydrogen (secondary N) is 1. The Bertz CT molecular complexity index is 495. The summed E-state index contributed by atoms with van der Waals surface area (Å²) >= 11 is 0. The second-order valence-electron chi connectivity index (χ2n) is 3.82. The zero-order chi connectivity index (χ0) is 12.3. The maximum absolute atomic E-state index is 12.1. The molecule has 0 atom stereocenters. The van der Waals surface area contributed by atoms with Crippen LogP contribution in [-0.2, 0) is 10.0 Å². The second-order valence-corrected chi connectivity index (χ2v) is 5.76. The highest BCUT2D eigenvalue weighted by molar-refractivity contribution is 7.89. The summed E-state index contributed by atoms with van der Waals surface area (Å²) in [6.45, 7) is 2.84. The SMILES string of the molecule is C#CCN1CCN(S(=O)(=O)c2cn[nH]c2)CC1. The van der Waals surface area contributed by atoms with Crippen LogP contribution in [0, 0.1) is 12.3 Å². The number of H-pyrrole nitrogens is 1. The van der Waals surface area contributed by atoms with E-state index in [2.05, 4.69) is 21.0 Å². The van der Waals surface area contributed by atoms with E-state index in [-0.39, 0.29) is 4.90 Å². The van der Waals surface area contributed by atoms with Gasteiger partial charge in [0, 0.05) is 32.4 Å². The van der Waals surface area contributed by atoms with Gasteiger partial charge in [0.1, 0.15) is 4.90 Å². The van der Waals surface area contributed by atoms with Gasteiger partial charge in [-0.05, 0) is 0 Å². The molecule has 0 spiro atoms. The lowest BCUT2D eigenvalue weighted by Gasteiger charge is -2.32. The fourth-order valence-electron chi connectivity index (χ4n) is 1.79. The normalized spacial score (nSPS) is 19.0. The minimum Gasteiger partial charge on any atom is -0.290 e. The van der Waals surface area contributed by atoms with Crippen LogP contribution in [0.2, 0.25) is 0 Å². The summed E-state index contributed by atoms with van der Waals surface area (Å²) in [6.07, 6.45) is 7.94. The highest BCUT2D eigenvalue weighted by Gasteiger charge is 2.28. The van der Waals surface area contributed by atoms with Gasteiger partial charge in [-0.15, -0.1) is 6.42 Å². The Balaban J connectivity index is 2.04. The first-order chi connectivity index (χ1) is 8.14. The van der Waals surface area contributed by atoms with Gasteiger partial charge in [0.2, 0.25) is 10.0 Å². The predicted molar refractivity (Wildman–Crippen MR) is 62.6 cm³/mol. The lowest BCUT2D eigenvalue weighted by Crippen LogP contribution is -2.48. The molecule has 2 heterocycles. The van der Waals surface area contributed by atoms with Crippen molar-refractivity contribution < 1.29 is 8.42 Å². The van der Waals surface area contributed by atoms with Crippen LogP contribution in [0.4, 0.5) is 0 Å². The topological polar surface area (TPSA) is 69.3 Å².